The second-order valence-electron chi connectivity index (χ2n) is 9.86. The largest absolute Gasteiger partial charge is 0.380 e. The summed E-state index contributed by atoms with van der Waals surface area (Å²) in [6, 6.07) is 11.7. The van der Waals surface area contributed by atoms with Crippen molar-refractivity contribution in [2.24, 2.45) is 7.05 Å². The van der Waals surface area contributed by atoms with Gasteiger partial charge >= 0.3 is 0 Å². The number of rotatable bonds is 8. The van der Waals surface area contributed by atoms with E-state index in [-0.39, 0.29) is 5.91 Å². The quantitative estimate of drug-likeness (QED) is 0.321. The van der Waals surface area contributed by atoms with Gasteiger partial charge in [0, 0.05) is 50.5 Å². The van der Waals surface area contributed by atoms with Gasteiger partial charge in [0.05, 0.1) is 36.1 Å². The fourth-order valence-electron chi connectivity index (χ4n) is 4.89. The maximum atomic E-state index is 13.9. The van der Waals surface area contributed by atoms with Crippen molar-refractivity contribution >= 4 is 33.5 Å². The van der Waals surface area contributed by atoms with Crippen LogP contribution in [0.3, 0.4) is 0 Å². The third kappa shape index (κ3) is 4.26. The second kappa shape index (κ2) is 9.53. The molecule has 6 rings (SSSR count). The first-order valence-electron chi connectivity index (χ1n) is 12.7. The number of imidazole rings is 1. The zero-order valence-corrected chi connectivity index (χ0v) is 21.9. The van der Waals surface area contributed by atoms with Crippen molar-refractivity contribution in [3.63, 3.8) is 0 Å². The number of fused-ring (bicyclic) bond motifs is 2. The van der Waals surface area contributed by atoms with Crippen LogP contribution in [0.15, 0.2) is 42.6 Å². The van der Waals surface area contributed by atoms with Crippen LogP contribution >= 0.6 is 0 Å². The van der Waals surface area contributed by atoms with Gasteiger partial charge in [-0.1, -0.05) is 6.07 Å². The van der Waals surface area contributed by atoms with E-state index in [2.05, 4.69) is 25.1 Å². The van der Waals surface area contributed by atoms with E-state index in [1.54, 1.807) is 19.1 Å². The molecule has 0 saturated heterocycles. The SMILES string of the molecule is CNc1[nH]nc2ccc(-c3nc(C(=O)N(C)Cc4cnc(C5CC5)n4C)c4cc(COC)ccc4n3)cc12. The van der Waals surface area contributed by atoms with E-state index in [1.807, 2.05) is 56.7 Å². The Morgan fingerprint density at radius 2 is 1.97 bits per heavy atom. The van der Waals surface area contributed by atoms with Crippen LogP contribution in [0.25, 0.3) is 33.2 Å². The molecule has 0 unspecified atom stereocenters. The van der Waals surface area contributed by atoms with Crippen LogP contribution < -0.4 is 5.32 Å². The minimum Gasteiger partial charge on any atom is -0.380 e. The van der Waals surface area contributed by atoms with Gasteiger partial charge < -0.3 is 19.5 Å². The van der Waals surface area contributed by atoms with Crippen LogP contribution in [-0.4, -0.2) is 61.7 Å². The summed E-state index contributed by atoms with van der Waals surface area (Å²) in [5, 5.41) is 12.1. The topological polar surface area (TPSA) is 114 Å². The van der Waals surface area contributed by atoms with E-state index in [0.29, 0.717) is 41.5 Å². The Kier molecular flexibility index (Phi) is 6.03. The first kappa shape index (κ1) is 24.1. The van der Waals surface area contributed by atoms with E-state index in [1.165, 1.54) is 12.8 Å². The molecule has 1 aliphatic rings. The number of amides is 1. The molecular weight excluding hydrogens is 480 g/mol. The molecule has 0 aliphatic heterocycles. The Hall–Kier alpha value is -4.31. The first-order chi connectivity index (χ1) is 18.5. The molecule has 0 atom stereocenters. The van der Waals surface area contributed by atoms with E-state index in [0.717, 1.165) is 39.4 Å². The number of aromatic nitrogens is 6. The molecule has 1 aliphatic carbocycles. The van der Waals surface area contributed by atoms with Crippen molar-refractivity contribution in [2.75, 3.05) is 26.5 Å². The molecule has 10 heteroatoms. The number of carbonyl (C=O) groups is 1. The van der Waals surface area contributed by atoms with Gasteiger partial charge in [0.15, 0.2) is 5.82 Å². The van der Waals surface area contributed by atoms with Gasteiger partial charge in [-0.25, -0.2) is 15.0 Å². The molecule has 3 aromatic heterocycles. The number of aromatic amines is 1. The lowest BCUT2D eigenvalue weighted by Gasteiger charge is -2.19. The summed E-state index contributed by atoms with van der Waals surface area (Å²) in [6.07, 6.45) is 4.23. The zero-order chi connectivity index (χ0) is 26.4. The summed E-state index contributed by atoms with van der Waals surface area (Å²) in [5.41, 5.74) is 4.63. The lowest BCUT2D eigenvalue weighted by atomic mass is 10.1. The number of hydrogen-bond donors (Lipinski definition) is 2. The Morgan fingerprint density at radius 3 is 2.74 bits per heavy atom. The minimum absolute atomic E-state index is 0.178. The third-order valence-corrected chi connectivity index (χ3v) is 7.14. The number of hydrogen-bond acceptors (Lipinski definition) is 7. The molecule has 2 aromatic carbocycles. The number of benzene rings is 2. The van der Waals surface area contributed by atoms with Gasteiger partial charge in [-0.15, -0.1) is 0 Å². The zero-order valence-electron chi connectivity index (χ0n) is 21.9. The normalized spacial score (nSPS) is 13.4. The number of anilines is 1. The highest BCUT2D eigenvalue weighted by Gasteiger charge is 2.29. The molecule has 10 nitrogen and oxygen atoms in total. The number of carbonyl (C=O) groups excluding carboxylic acids is 1. The maximum absolute atomic E-state index is 13.9. The summed E-state index contributed by atoms with van der Waals surface area (Å²) in [7, 11) is 7.31. The molecule has 2 N–H and O–H groups in total. The lowest BCUT2D eigenvalue weighted by molar-refractivity contribution is 0.0778. The number of nitrogens with zero attached hydrogens (tertiary/aromatic N) is 6. The lowest BCUT2D eigenvalue weighted by Crippen LogP contribution is -2.28. The van der Waals surface area contributed by atoms with Gasteiger partial charge in [-0.3, -0.25) is 9.89 Å². The number of ether oxygens (including phenoxy) is 1. The van der Waals surface area contributed by atoms with Crippen LogP contribution in [0, 0.1) is 0 Å². The van der Waals surface area contributed by atoms with Crippen LogP contribution in [0.1, 0.15) is 46.3 Å². The van der Waals surface area contributed by atoms with Crippen LogP contribution in [-0.2, 0) is 24.9 Å². The van der Waals surface area contributed by atoms with E-state index < -0.39 is 0 Å². The Balaban J connectivity index is 1.42. The summed E-state index contributed by atoms with van der Waals surface area (Å²) in [6.45, 7) is 0.865. The molecule has 0 spiro atoms. The number of nitrogens with one attached hydrogen (secondary N) is 2. The maximum Gasteiger partial charge on any atom is 0.273 e. The van der Waals surface area contributed by atoms with Gasteiger partial charge in [-0.05, 0) is 48.7 Å². The van der Waals surface area contributed by atoms with Crippen molar-refractivity contribution < 1.29 is 9.53 Å². The average molecular weight is 511 g/mol. The monoisotopic (exact) mass is 510 g/mol. The molecule has 194 valence electrons. The average Bonchev–Trinajstić information content (AvgIpc) is 3.59. The second-order valence-corrected chi connectivity index (χ2v) is 9.86. The predicted molar refractivity (Wildman–Crippen MR) is 146 cm³/mol. The van der Waals surface area contributed by atoms with Crippen LogP contribution in [0.5, 0.6) is 0 Å². The predicted octanol–water partition coefficient (Wildman–Crippen LogP) is 4.24. The third-order valence-electron chi connectivity index (χ3n) is 7.14. The van der Waals surface area contributed by atoms with Gasteiger partial charge in [0.2, 0.25) is 0 Å². The number of methoxy groups -OCH3 is 1. The van der Waals surface area contributed by atoms with E-state index >= 15 is 0 Å². The van der Waals surface area contributed by atoms with Gasteiger partial charge in [0.25, 0.3) is 5.91 Å². The fourth-order valence-corrected chi connectivity index (χ4v) is 4.89. The highest BCUT2D eigenvalue weighted by atomic mass is 16.5. The standard InChI is InChI=1S/C28H30N8O2/c1-29-26-21-12-18(8-10-23(21)33-34-26)25-31-22-9-5-16(15-38-4)11-20(22)24(32-25)28(37)35(2)14-19-13-30-27(36(19)3)17-6-7-17/h5,8-13,17H,6-7,14-15H2,1-4H3,(H2,29,33,34). The molecule has 38 heavy (non-hydrogen) atoms. The molecule has 5 aromatic rings. The van der Waals surface area contributed by atoms with E-state index in [9.17, 15) is 4.79 Å². The highest BCUT2D eigenvalue weighted by molar-refractivity contribution is 6.05. The Morgan fingerprint density at radius 1 is 1.16 bits per heavy atom. The van der Waals surface area contributed by atoms with Crippen molar-refractivity contribution in [3.05, 3.63) is 65.4 Å². The molecule has 0 radical (unpaired) electrons. The number of H-pyrrole nitrogens is 1. The smallest absolute Gasteiger partial charge is 0.273 e. The molecule has 1 saturated carbocycles. The van der Waals surface area contributed by atoms with Crippen LogP contribution in [0.2, 0.25) is 0 Å². The summed E-state index contributed by atoms with van der Waals surface area (Å²) >= 11 is 0. The molecule has 1 amide bonds. The van der Waals surface area contributed by atoms with Crippen molar-refractivity contribution in [1.82, 2.24) is 34.6 Å². The van der Waals surface area contributed by atoms with Crippen LogP contribution in [0.4, 0.5) is 5.82 Å². The fraction of sp³-hybridized carbons (Fsp3) is 0.321. The first-order valence-corrected chi connectivity index (χ1v) is 12.7. The van der Waals surface area contributed by atoms with E-state index in [4.69, 9.17) is 14.7 Å². The molecule has 1 fully saturated rings. The molecule has 3 heterocycles. The van der Waals surface area contributed by atoms with Crippen molar-refractivity contribution in [3.8, 4) is 11.4 Å². The Labute approximate surface area is 220 Å². The highest BCUT2D eigenvalue weighted by Crippen LogP contribution is 2.39. The van der Waals surface area contributed by atoms with Gasteiger partial charge in [0.1, 0.15) is 17.3 Å². The summed E-state index contributed by atoms with van der Waals surface area (Å²) in [4.78, 5) is 29.9. The summed E-state index contributed by atoms with van der Waals surface area (Å²) in [5.74, 6) is 2.75. The molecule has 0 bridgehead atoms. The Bertz CT molecular complexity index is 1670. The summed E-state index contributed by atoms with van der Waals surface area (Å²) < 4.78 is 7.44. The van der Waals surface area contributed by atoms with Gasteiger partial charge in [-0.2, -0.15) is 5.10 Å². The minimum atomic E-state index is -0.178. The molecular formula is C28H30N8O2. The van der Waals surface area contributed by atoms with Crippen molar-refractivity contribution in [2.45, 2.75) is 31.9 Å². The van der Waals surface area contributed by atoms with Crippen molar-refractivity contribution in [1.29, 1.82) is 0 Å².